The molecule has 9 heteroatoms. The van der Waals surface area contributed by atoms with Gasteiger partial charge in [0.2, 0.25) is 0 Å². The molecule has 1 fully saturated rings. The van der Waals surface area contributed by atoms with E-state index in [0.717, 1.165) is 32.7 Å². The molecule has 22 heavy (non-hydrogen) atoms. The van der Waals surface area contributed by atoms with Crippen molar-refractivity contribution in [1.29, 1.82) is 0 Å². The molecule has 1 amide bonds. The number of carbonyl (C=O) groups is 1. The van der Waals surface area contributed by atoms with E-state index < -0.39 is 4.92 Å². The van der Waals surface area contributed by atoms with Crippen molar-refractivity contribution in [1.82, 2.24) is 15.2 Å². The number of furan rings is 1. The van der Waals surface area contributed by atoms with Crippen molar-refractivity contribution < 1.29 is 14.1 Å². The van der Waals surface area contributed by atoms with Gasteiger partial charge in [0.1, 0.15) is 4.92 Å². The van der Waals surface area contributed by atoms with Crippen LogP contribution in [-0.4, -0.2) is 66.1 Å². The Balaban J connectivity index is 1.73. The second-order valence-electron chi connectivity index (χ2n) is 4.94. The van der Waals surface area contributed by atoms with Crippen molar-refractivity contribution in [2.75, 3.05) is 39.3 Å². The smallest absolute Gasteiger partial charge is 0.400 e. The molecule has 2 rings (SSSR count). The van der Waals surface area contributed by atoms with E-state index >= 15 is 0 Å². The van der Waals surface area contributed by atoms with Crippen LogP contribution in [0.1, 0.15) is 12.7 Å². The summed E-state index contributed by atoms with van der Waals surface area (Å²) in [7, 11) is 0. The highest BCUT2D eigenvalue weighted by Crippen LogP contribution is 2.13. The number of nitrogens with zero attached hydrogens (tertiary/aromatic N) is 4. The summed E-state index contributed by atoms with van der Waals surface area (Å²) in [4.78, 5) is 26.0. The summed E-state index contributed by atoms with van der Waals surface area (Å²) in [5.41, 5.74) is 2.39. The predicted octanol–water partition coefficient (Wildman–Crippen LogP) is 0.275. The topological polar surface area (TPSA) is 104 Å². The maximum absolute atomic E-state index is 11.7. The zero-order valence-corrected chi connectivity index (χ0v) is 12.4. The van der Waals surface area contributed by atoms with Gasteiger partial charge in [-0.2, -0.15) is 5.10 Å². The molecule has 1 aromatic heterocycles. The molecule has 0 aromatic carbocycles. The highest BCUT2D eigenvalue weighted by molar-refractivity contribution is 5.81. The normalized spacial score (nSPS) is 17.0. The van der Waals surface area contributed by atoms with Crippen LogP contribution in [0.3, 0.4) is 0 Å². The maximum atomic E-state index is 11.7. The van der Waals surface area contributed by atoms with Gasteiger partial charge in [0.05, 0.1) is 18.8 Å². The minimum Gasteiger partial charge on any atom is -0.400 e. The number of hydrazone groups is 1. The summed E-state index contributed by atoms with van der Waals surface area (Å²) in [5, 5.41) is 14.2. The summed E-state index contributed by atoms with van der Waals surface area (Å²) in [6, 6.07) is 2.65. The first-order chi connectivity index (χ1) is 10.6. The predicted molar refractivity (Wildman–Crippen MR) is 79.7 cm³/mol. The highest BCUT2D eigenvalue weighted by Gasteiger charge is 2.17. The Morgan fingerprint density at radius 2 is 2.09 bits per heavy atom. The van der Waals surface area contributed by atoms with Crippen molar-refractivity contribution in [3.05, 3.63) is 28.0 Å². The lowest BCUT2D eigenvalue weighted by molar-refractivity contribution is -0.402. The molecule has 1 N–H and O–H groups in total. The lowest BCUT2D eigenvalue weighted by atomic mass is 10.3. The highest BCUT2D eigenvalue weighted by atomic mass is 16.6. The van der Waals surface area contributed by atoms with E-state index in [0.29, 0.717) is 0 Å². The van der Waals surface area contributed by atoms with Crippen LogP contribution in [-0.2, 0) is 4.79 Å². The third-order valence-corrected chi connectivity index (χ3v) is 3.45. The summed E-state index contributed by atoms with van der Waals surface area (Å²) < 4.78 is 4.89. The molecule has 0 spiro atoms. The average molecular weight is 309 g/mol. The van der Waals surface area contributed by atoms with E-state index in [1.165, 1.54) is 18.3 Å². The van der Waals surface area contributed by atoms with Crippen LogP contribution in [0.25, 0.3) is 0 Å². The molecule has 1 aromatic rings. The molecule has 1 aliphatic rings. The van der Waals surface area contributed by atoms with Gasteiger partial charge in [-0.15, -0.1) is 0 Å². The molecular weight excluding hydrogens is 290 g/mol. The van der Waals surface area contributed by atoms with Crippen LogP contribution in [0.5, 0.6) is 0 Å². The number of nitrogens with one attached hydrogen (secondary N) is 1. The Bertz CT molecular complexity index is 548. The molecule has 2 heterocycles. The number of carbonyl (C=O) groups excluding carboxylic acids is 1. The largest absolute Gasteiger partial charge is 0.433 e. The van der Waals surface area contributed by atoms with Gasteiger partial charge in [-0.25, -0.2) is 5.43 Å². The Hall–Kier alpha value is -2.26. The number of piperazine rings is 1. The van der Waals surface area contributed by atoms with Crippen molar-refractivity contribution in [3.8, 4) is 0 Å². The van der Waals surface area contributed by atoms with Crippen LogP contribution < -0.4 is 5.43 Å². The average Bonchev–Trinajstić information content (AvgIpc) is 2.97. The Morgan fingerprint density at radius 1 is 1.41 bits per heavy atom. The van der Waals surface area contributed by atoms with Gasteiger partial charge in [0.25, 0.3) is 5.91 Å². The number of nitro groups is 1. The summed E-state index contributed by atoms with van der Waals surface area (Å²) in [6.45, 7) is 7.07. The van der Waals surface area contributed by atoms with E-state index in [4.69, 9.17) is 4.42 Å². The first-order valence-corrected chi connectivity index (χ1v) is 7.09. The molecule has 0 atom stereocenters. The number of likely N-dealkylation sites (N-methyl/N-ethyl adjacent to an activating group) is 1. The lowest BCUT2D eigenvalue weighted by Crippen LogP contribution is -2.48. The standard InChI is InChI=1S/C13H19N5O4/c1-2-16-5-7-17(8-6-16)10-12(19)15-14-9-11-3-4-13(22-11)18(20)21/h3-4,9H,2,5-8,10H2,1H3,(H,15,19)/b14-9+. The van der Waals surface area contributed by atoms with Gasteiger partial charge in [0, 0.05) is 26.2 Å². The molecule has 0 bridgehead atoms. The van der Waals surface area contributed by atoms with Gasteiger partial charge in [-0.05, 0) is 12.6 Å². The summed E-state index contributed by atoms with van der Waals surface area (Å²) >= 11 is 0. The van der Waals surface area contributed by atoms with Crippen LogP contribution in [0.15, 0.2) is 21.7 Å². The van der Waals surface area contributed by atoms with E-state index in [1.807, 2.05) is 0 Å². The molecule has 120 valence electrons. The molecular formula is C13H19N5O4. The second-order valence-corrected chi connectivity index (χ2v) is 4.94. The van der Waals surface area contributed by atoms with E-state index in [9.17, 15) is 14.9 Å². The quantitative estimate of drug-likeness (QED) is 0.459. The first-order valence-electron chi connectivity index (χ1n) is 7.09. The first kappa shape index (κ1) is 16.1. The van der Waals surface area contributed by atoms with Crippen LogP contribution >= 0.6 is 0 Å². The van der Waals surface area contributed by atoms with Crippen LogP contribution in [0.4, 0.5) is 5.88 Å². The number of hydrogen-bond donors (Lipinski definition) is 1. The fourth-order valence-corrected chi connectivity index (χ4v) is 2.18. The van der Waals surface area contributed by atoms with Crippen molar-refractivity contribution in [2.45, 2.75) is 6.92 Å². The van der Waals surface area contributed by atoms with Crippen molar-refractivity contribution in [3.63, 3.8) is 0 Å². The van der Waals surface area contributed by atoms with E-state index in [2.05, 4.69) is 27.3 Å². The van der Waals surface area contributed by atoms with Gasteiger partial charge in [-0.1, -0.05) is 6.92 Å². The summed E-state index contributed by atoms with van der Waals surface area (Å²) in [6.07, 6.45) is 1.24. The fraction of sp³-hybridized carbons (Fsp3) is 0.538. The monoisotopic (exact) mass is 309 g/mol. The van der Waals surface area contributed by atoms with E-state index in [-0.39, 0.29) is 24.1 Å². The zero-order chi connectivity index (χ0) is 15.9. The minimum atomic E-state index is -0.633. The molecule has 9 nitrogen and oxygen atoms in total. The molecule has 0 saturated carbocycles. The molecule has 1 saturated heterocycles. The van der Waals surface area contributed by atoms with Crippen LogP contribution in [0, 0.1) is 10.1 Å². The molecule has 0 unspecified atom stereocenters. The third kappa shape index (κ3) is 4.64. The molecule has 0 aliphatic carbocycles. The lowest BCUT2D eigenvalue weighted by Gasteiger charge is -2.33. The Morgan fingerprint density at radius 3 is 2.68 bits per heavy atom. The minimum absolute atomic E-state index is 0.212. The van der Waals surface area contributed by atoms with E-state index in [1.54, 1.807) is 0 Å². The Kier molecular flexibility index (Phi) is 5.61. The molecule has 0 radical (unpaired) electrons. The zero-order valence-electron chi connectivity index (χ0n) is 12.4. The number of hydrogen-bond acceptors (Lipinski definition) is 7. The second kappa shape index (κ2) is 7.66. The summed E-state index contributed by atoms with van der Waals surface area (Å²) in [5.74, 6) is -0.368. The maximum Gasteiger partial charge on any atom is 0.433 e. The van der Waals surface area contributed by atoms with Gasteiger partial charge in [-0.3, -0.25) is 19.8 Å². The molecule has 1 aliphatic heterocycles. The van der Waals surface area contributed by atoms with Gasteiger partial charge >= 0.3 is 5.88 Å². The van der Waals surface area contributed by atoms with Crippen molar-refractivity contribution >= 4 is 18.0 Å². The SMILES string of the molecule is CCN1CCN(CC(=O)N/N=C/c2ccc([N+](=O)[O-])o2)CC1. The van der Waals surface area contributed by atoms with Crippen molar-refractivity contribution in [2.24, 2.45) is 5.10 Å². The third-order valence-electron chi connectivity index (χ3n) is 3.45. The number of rotatable bonds is 6. The number of amides is 1. The van der Waals surface area contributed by atoms with Gasteiger partial charge < -0.3 is 9.32 Å². The van der Waals surface area contributed by atoms with Crippen LogP contribution in [0.2, 0.25) is 0 Å². The fourth-order valence-electron chi connectivity index (χ4n) is 2.18. The van der Waals surface area contributed by atoms with Gasteiger partial charge in [0.15, 0.2) is 5.76 Å². The Labute approximate surface area is 127 Å².